The molecular weight excluding hydrogens is 154 g/mol. The average Bonchev–Trinajstić information content (AvgIpc) is 2.30. The first-order chi connectivity index (χ1) is 5.57. The zero-order valence-electron chi connectivity index (χ0n) is 7.39. The summed E-state index contributed by atoms with van der Waals surface area (Å²) in [5, 5.41) is 0. The zero-order valence-corrected chi connectivity index (χ0v) is 7.39. The number of rotatable bonds is 2. The van der Waals surface area contributed by atoms with Crippen molar-refractivity contribution in [3.63, 3.8) is 0 Å². The van der Waals surface area contributed by atoms with Crippen LogP contribution in [0.2, 0.25) is 0 Å². The van der Waals surface area contributed by atoms with Gasteiger partial charge in [0, 0.05) is 6.92 Å². The van der Waals surface area contributed by atoms with E-state index in [0.717, 1.165) is 17.4 Å². The van der Waals surface area contributed by atoms with Crippen molar-refractivity contribution >= 4 is 12.1 Å². The van der Waals surface area contributed by atoms with E-state index in [1.165, 1.54) is 6.92 Å². The van der Waals surface area contributed by atoms with Crippen LogP contribution < -0.4 is 0 Å². The molecule has 0 atom stereocenters. The van der Waals surface area contributed by atoms with Gasteiger partial charge in [0.15, 0.2) is 12.1 Å². The van der Waals surface area contributed by atoms with Crippen LogP contribution in [0.5, 0.6) is 0 Å². The minimum atomic E-state index is -0.0382. The van der Waals surface area contributed by atoms with E-state index in [2.05, 4.69) is 4.98 Å². The van der Waals surface area contributed by atoms with Crippen LogP contribution in [0.4, 0.5) is 0 Å². The van der Waals surface area contributed by atoms with Gasteiger partial charge < -0.3 is 4.98 Å². The fourth-order valence-corrected chi connectivity index (χ4v) is 1.18. The second-order valence-corrected chi connectivity index (χ2v) is 2.84. The third-order valence-electron chi connectivity index (χ3n) is 2.07. The first-order valence-corrected chi connectivity index (χ1v) is 3.73. The van der Waals surface area contributed by atoms with E-state index in [9.17, 15) is 9.59 Å². The summed E-state index contributed by atoms with van der Waals surface area (Å²) < 4.78 is 0. The molecule has 0 radical (unpaired) electrons. The zero-order chi connectivity index (χ0) is 9.30. The lowest BCUT2D eigenvalue weighted by Crippen LogP contribution is -1.94. The number of nitrogens with one attached hydrogen (secondary N) is 1. The molecule has 3 nitrogen and oxygen atoms in total. The highest BCUT2D eigenvalue weighted by atomic mass is 16.1. The van der Waals surface area contributed by atoms with Crippen molar-refractivity contribution in [1.29, 1.82) is 0 Å². The van der Waals surface area contributed by atoms with Crippen LogP contribution in [-0.2, 0) is 0 Å². The monoisotopic (exact) mass is 165 g/mol. The molecule has 0 aliphatic heterocycles. The Labute approximate surface area is 70.8 Å². The second kappa shape index (κ2) is 2.93. The minimum absolute atomic E-state index is 0.0382. The van der Waals surface area contributed by atoms with Gasteiger partial charge in [-0.05, 0) is 25.0 Å². The molecule has 12 heavy (non-hydrogen) atoms. The van der Waals surface area contributed by atoms with Crippen molar-refractivity contribution in [2.24, 2.45) is 0 Å². The van der Waals surface area contributed by atoms with Crippen molar-refractivity contribution in [3.8, 4) is 0 Å². The number of aromatic nitrogens is 1. The molecule has 0 aromatic carbocycles. The van der Waals surface area contributed by atoms with Crippen LogP contribution in [0.1, 0.15) is 39.0 Å². The maximum absolute atomic E-state index is 11.0. The summed E-state index contributed by atoms with van der Waals surface area (Å²) >= 11 is 0. The number of aldehydes is 1. The molecule has 64 valence electrons. The Kier molecular flexibility index (Phi) is 2.13. The Balaban J connectivity index is 3.34. The highest BCUT2D eigenvalue weighted by Crippen LogP contribution is 2.15. The van der Waals surface area contributed by atoms with Gasteiger partial charge in [-0.2, -0.15) is 0 Å². The van der Waals surface area contributed by atoms with Crippen LogP contribution >= 0.6 is 0 Å². The van der Waals surface area contributed by atoms with Gasteiger partial charge in [0.1, 0.15) is 0 Å². The molecule has 0 saturated carbocycles. The van der Waals surface area contributed by atoms with E-state index in [4.69, 9.17) is 0 Å². The lowest BCUT2D eigenvalue weighted by Gasteiger charge is -1.91. The first-order valence-electron chi connectivity index (χ1n) is 3.73. The molecule has 1 heterocycles. The summed E-state index contributed by atoms with van der Waals surface area (Å²) in [7, 11) is 0. The summed E-state index contributed by atoms with van der Waals surface area (Å²) in [6.07, 6.45) is 0.731. The first kappa shape index (κ1) is 8.71. The second-order valence-electron chi connectivity index (χ2n) is 2.84. The van der Waals surface area contributed by atoms with E-state index in [-0.39, 0.29) is 5.78 Å². The molecule has 0 amide bonds. The maximum atomic E-state index is 11.0. The van der Waals surface area contributed by atoms with Crippen molar-refractivity contribution in [2.75, 3.05) is 0 Å². The predicted molar refractivity (Wildman–Crippen MR) is 45.7 cm³/mol. The van der Waals surface area contributed by atoms with E-state index in [1.807, 2.05) is 13.8 Å². The number of hydrogen-bond donors (Lipinski definition) is 1. The van der Waals surface area contributed by atoms with Crippen molar-refractivity contribution in [1.82, 2.24) is 4.98 Å². The summed E-state index contributed by atoms with van der Waals surface area (Å²) in [6.45, 7) is 5.13. The van der Waals surface area contributed by atoms with Crippen LogP contribution in [0.15, 0.2) is 0 Å². The lowest BCUT2D eigenvalue weighted by atomic mass is 10.1. The fourth-order valence-electron chi connectivity index (χ4n) is 1.18. The van der Waals surface area contributed by atoms with Crippen LogP contribution in [-0.4, -0.2) is 17.1 Å². The summed E-state index contributed by atoms with van der Waals surface area (Å²) in [6, 6.07) is 0. The van der Waals surface area contributed by atoms with E-state index in [0.29, 0.717) is 11.4 Å². The van der Waals surface area contributed by atoms with Crippen LogP contribution in [0, 0.1) is 13.8 Å². The largest absolute Gasteiger partial charge is 0.350 e. The summed E-state index contributed by atoms with van der Waals surface area (Å²) in [5.41, 5.74) is 2.76. The van der Waals surface area contributed by atoms with Gasteiger partial charge in [-0.1, -0.05) is 0 Å². The number of Topliss-reactive ketones (excluding diaryl/α,β-unsaturated/α-hetero) is 1. The molecule has 0 bridgehead atoms. The van der Waals surface area contributed by atoms with E-state index < -0.39 is 0 Å². The molecule has 1 rings (SSSR count). The van der Waals surface area contributed by atoms with E-state index in [1.54, 1.807) is 0 Å². The highest BCUT2D eigenvalue weighted by molar-refractivity contribution is 5.95. The fraction of sp³-hybridized carbons (Fsp3) is 0.333. The molecule has 0 saturated heterocycles. The third kappa shape index (κ3) is 1.18. The topological polar surface area (TPSA) is 49.9 Å². The predicted octanol–water partition coefficient (Wildman–Crippen LogP) is 1.65. The maximum Gasteiger partial charge on any atom is 0.176 e. The van der Waals surface area contributed by atoms with Gasteiger partial charge in [0.05, 0.1) is 11.4 Å². The van der Waals surface area contributed by atoms with Crippen LogP contribution in [0.25, 0.3) is 0 Å². The molecule has 0 spiro atoms. The number of H-pyrrole nitrogens is 1. The lowest BCUT2D eigenvalue weighted by molar-refractivity contribution is 0.101. The molecule has 0 fully saturated rings. The third-order valence-corrected chi connectivity index (χ3v) is 2.07. The molecule has 0 aliphatic rings. The molecule has 1 N–H and O–H groups in total. The van der Waals surface area contributed by atoms with Gasteiger partial charge in [-0.3, -0.25) is 9.59 Å². The SMILES string of the molecule is CC(=O)c1[nH]c(C=O)c(C)c1C. The standard InChI is InChI=1S/C9H11NO2/c1-5-6(2)9(7(3)12)10-8(5)4-11/h4,10H,1-3H3. The normalized spacial score (nSPS) is 9.92. The van der Waals surface area contributed by atoms with E-state index >= 15 is 0 Å². The van der Waals surface area contributed by atoms with Crippen molar-refractivity contribution < 1.29 is 9.59 Å². The molecule has 0 aliphatic carbocycles. The number of aromatic amines is 1. The highest BCUT2D eigenvalue weighted by Gasteiger charge is 2.12. The minimum Gasteiger partial charge on any atom is -0.350 e. The van der Waals surface area contributed by atoms with Crippen LogP contribution in [0.3, 0.4) is 0 Å². The Morgan fingerprint density at radius 1 is 1.33 bits per heavy atom. The molecule has 1 aromatic heterocycles. The number of carbonyl (C=O) groups is 2. The molecule has 3 heteroatoms. The van der Waals surface area contributed by atoms with Gasteiger partial charge in [0.2, 0.25) is 0 Å². The Bertz CT molecular complexity index is 337. The smallest absolute Gasteiger partial charge is 0.176 e. The summed E-state index contributed by atoms with van der Waals surface area (Å²) in [5.74, 6) is -0.0382. The number of ketones is 1. The Hall–Kier alpha value is -1.38. The van der Waals surface area contributed by atoms with Gasteiger partial charge in [-0.25, -0.2) is 0 Å². The Morgan fingerprint density at radius 3 is 2.17 bits per heavy atom. The summed E-state index contributed by atoms with van der Waals surface area (Å²) in [4.78, 5) is 24.3. The van der Waals surface area contributed by atoms with Crippen molar-refractivity contribution in [2.45, 2.75) is 20.8 Å². The van der Waals surface area contributed by atoms with Crippen molar-refractivity contribution in [3.05, 3.63) is 22.5 Å². The molecular formula is C9H11NO2. The average molecular weight is 165 g/mol. The number of carbonyl (C=O) groups excluding carboxylic acids is 2. The number of hydrogen-bond acceptors (Lipinski definition) is 2. The van der Waals surface area contributed by atoms with Gasteiger partial charge in [-0.15, -0.1) is 0 Å². The Morgan fingerprint density at radius 2 is 1.92 bits per heavy atom. The van der Waals surface area contributed by atoms with Gasteiger partial charge in [0.25, 0.3) is 0 Å². The van der Waals surface area contributed by atoms with Gasteiger partial charge >= 0.3 is 0 Å². The quantitative estimate of drug-likeness (QED) is 0.535. The molecule has 0 unspecified atom stereocenters. The molecule has 1 aromatic rings.